The highest BCUT2D eigenvalue weighted by atomic mass is 32.2. The minimum absolute atomic E-state index is 0.114. The van der Waals surface area contributed by atoms with Crippen LogP contribution in [-0.2, 0) is 5.41 Å². The molecule has 0 N–H and O–H groups in total. The van der Waals surface area contributed by atoms with E-state index in [1.54, 1.807) is 0 Å². The van der Waals surface area contributed by atoms with Crippen molar-refractivity contribution >= 4 is 40.0 Å². The summed E-state index contributed by atoms with van der Waals surface area (Å²) in [4.78, 5) is 4.82. The van der Waals surface area contributed by atoms with Gasteiger partial charge in [0.1, 0.15) is 5.58 Å². The minimum atomic E-state index is 0.114. The topological polar surface area (TPSA) is 16.4 Å². The van der Waals surface area contributed by atoms with Crippen molar-refractivity contribution in [3.8, 4) is 0 Å². The normalized spacial score (nSPS) is 13.5. The van der Waals surface area contributed by atoms with E-state index in [9.17, 15) is 0 Å². The molecule has 1 aromatic heterocycles. The van der Waals surface area contributed by atoms with Crippen LogP contribution in [0.3, 0.4) is 0 Å². The smallest absolute Gasteiger partial charge is 0.219 e. The molecular weight excluding hydrogens is 398 g/mol. The number of rotatable bonds is 1. The molecule has 5 rings (SSSR count). The fourth-order valence-electron chi connectivity index (χ4n) is 4.49. The summed E-state index contributed by atoms with van der Waals surface area (Å²) in [5.41, 5.74) is 9.89. The highest BCUT2D eigenvalue weighted by molar-refractivity contribution is 8.00. The number of furan rings is 1. The molecule has 0 saturated carbocycles. The number of benzene rings is 3. The SMILES string of the molecule is Cc1ccc2c(c1)Sc1c(oc3ccc(C)cc13)N2c1c(C)cc(C(C)(C)C)cc1C. The molecule has 0 saturated heterocycles. The zero-order chi connectivity index (χ0) is 22.1. The van der Waals surface area contributed by atoms with Gasteiger partial charge in [0, 0.05) is 10.3 Å². The summed E-state index contributed by atoms with van der Waals surface area (Å²) >= 11 is 1.82. The average Bonchev–Trinajstić information content (AvgIpc) is 3.03. The van der Waals surface area contributed by atoms with E-state index in [4.69, 9.17) is 4.42 Å². The molecule has 1 aliphatic rings. The van der Waals surface area contributed by atoms with Gasteiger partial charge in [-0.25, -0.2) is 0 Å². The molecule has 2 heterocycles. The van der Waals surface area contributed by atoms with E-state index in [1.807, 2.05) is 11.8 Å². The summed E-state index contributed by atoms with van der Waals surface area (Å²) in [7, 11) is 0. The van der Waals surface area contributed by atoms with Gasteiger partial charge in [-0.3, -0.25) is 4.90 Å². The first-order valence-electron chi connectivity index (χ1n) is 10.9. The summed E-state index contributed by atoms with van der Waals surface area (Å²) in [6, 6.07) is 17.9. The second kappa shape index (κ2) is 6.93. The third-order valence-corrected chi connectivity index (χ3v) is 7.28. The van der Waals surface area contributed by atoms with E-state index in [2.05, 4.69) is 102 Å². The van der Waals surface area contributed by atoms with Crippen LogP contribution in [0.15, 0.2) is 62.7 Å². The van der Waals surface area contributed by atoms with Crippen LogP contribution in [0.25, 0.3) is 11.0 Å². The zero-order valence-corrected chi connectivity index (χ0v) is 20.2. The lowest BCUT2D eigenvalue weighted by Crippen LogP contribution is -2.18. The first kappa shape index (κ1) is 20.3. The van der Waals surface area contributed by atoms with Crippen LogP contribution >= 0.6 is 11.8 Å². The van der Waals surface area contributed by atoms with Crippen LogP contribution < -0.4 is 4.90 Å². The van der Waals surface area contributed by atoms with Gasteiger partial charge in [0.2, 0.25) is 5.88 Å². The molecule has 158 valence electrons. The summed E-state index contributed by atoms with van der Waals surface area (Å²) in [6.07, 6.45) is 0. The third kappa shape index (κ3) is 3.27. The Morgan fingerprint density at radius 1 is 0.806 bits per heavy atom. The maximum atomic E-state index is 6.51. The zero-order valence-electron chi connectivity index (χ0n) is 19.4. The first-order valence-corrected chi connectivity index (χ1v) is 11.7. The van der Waals surface area contributed by atoms with Gasteiger partial charge in [-0.15, -0.1) is 0 Å². The van der Waals surface area contributed by atoms with Gasteiger partial charge in [0.15, 0.2) is 0 Å². The van der Waals surface area contributed by atoms with Gasteiger partial charge in [0.25, 0.3) is 0 Å². The lowest BCUT2D eigenvalue weighted by atomic mass is 9.84. The van der Waals surface area contributed by atoms with Crippen molar-refractivity contribution in [1.82, 2.24) is 0 Å². The molecule has 4 aromatic rings. The quantitative estimate of drug-likeness (QED) is 0.266. The maximum absolute atomic E-state index is 6.51. The Kier molecular flexibility index (Phi) is 4.53. The van der Waals surface area contributed by atoms with Crippen molar-refractivity contribution in [1.29, 1.82) is 0 Å². The lowest BCUT2D eigenvalue weighted by Gasteiger charge is -2.33. The van der Waals surface area contributed by atoms with Gasteiger partial charge in [0.05, 0.1) is 16.3 Å². The lowest BCUT2D eigenvalue weighted by molar-refractivity contribution is 0.588. The molecule has 0 fully saturated rings. The maximum Gasteiger partial charge on any atom is 0.219 e. The standard InChI is InChI=1S/C28H29NOS/c1-16-9-11-23-21(12-16)26-27(30-23)29(22-10-8-17(2)13-24(22)31-26)25-18(3)14-20(15-19(25)4)28(5,6)7/h8-15H,1-7H3. The summed E-state index contributed by atoms with van der Waals surface area (Å²) < 4.78 is 6.51. The van der Waals surface area contributed by atoms with E-state index >= 15 is 0 Å². The average molecular weight is 428 g/mol. The van der Waals surface area contributed by atoms with E-state index in [0.29, 0.717) is 0 Å². The molecule has 3 aromatic carbocycles. The van der Waals surface area contributed by atoms with E-state index in [-0.39, 0.29) is 5.41 Å². The van der Waals surface area contributed by atoms with E-state index < -0.39 is 0 Å². The van der Waals surface area contributed by atoms with Crippen molar-refractivity contribution < 1.29 is 4.42 Å². The minimum Gasteiger partial charge on any atom is -0.439 e. The molecular formula is C28H29NOS. The van der Waals surface area contributed by atoms with Crippen LogP contribution in [0.1, 0.15) is 48.6 Å². The number of anilines is 3. The van der Waals surface area contributed by atoms with Gasteiger partial charge in [-0.2, -0.15) is 0 Å². The highest BCUT2D eigenvalue weighted by Crippen LogP contribution is 2.56. The molecule has 0 aliphatic carbocycles. The molecule has 0 atom stereocenters. The predicted molar refractivity (Wildman–Crippen MR) is 133 cm³/mol. The summed E-state index contributed by atoms with van der Waals surface area (Å²) in [5, 5.41) is 1.19. The second-order valence-corrected chi connectivity index (χ2v) is 10.9. The van der Waals surface area contributed by atoms with Crippen LogP contribution in [0.5, 0.6) is 0 Å². The molecule has 2 nitrogen and oxygen atoms in total. The number of fused-ring (bicyclic) bond motifs is 4. The molecule has 1 aliphatic heterocycles. The number of hydrogen-bond acceptors (Lipinski definition) is 3. The van der Waals surface area contributed by atoms with Gasteiger partial charge >= 0.3 is 0 Å². The molecule has 0 amide bonds. The van der Waals surface area contributed by atoms with Crippen LogP contribution in [-0.4, -0.2) is 0 Å². The highest BCUT2D eigenvalue weighted by Gasteiger charge is 2.32. The third-order valence-electron chi connectivity index (χ3n) is 6.13. The van der Waals surface area contributed by atoms with Crippen molar-refractivity contribution in [2.24, 2.45) is 0 Å². The molecule has 0 radical (unpaired) electrons. The molecule has 0 spiro atoms. The van der Waals surface area contributed by atoms with Crippen molar-refractivity contribution in [2.45, 2.75) is 63.7 Å². The Bertz CT molecular complexity index is 1320. The monoisotopic (exact) mass is 427 g/mol. The number of aryl methyl sites for hydroxylation is 4. The van der Waals surface area contributed by atoms with Crippen LogP contribution in [0.2, 0.25) is 0 Å². The summed E-state index contributed by atoms with van der Waals surface area (Å²) in [5.74, 6) is 0.927. The largest absolute Gasteiger partial charge is 0.439 e. The van der Waals surface area contributed by atoms with Crippen LogP contribution in [0, 0.1) is 27.7 Å². The van der Waals surface area contributed by atoms with E-state index in [1.165, 1.54) is 54.4 Å². The fourth-order valence-corrected chi connectivity index (χ4v) is 5.71. The van der Waals surface area contributed by atoms with Gasteiger partial charge < -0.3 is 4.42 Å². The first-order chi connectivity index (χ1) is 14.6. The second-order valence-electron chi connectivity index (χ2n) is 9.85. The van der Waals surface area contributed by atoms with E-state index in [0.717, 1.165) is 11.5 Å². The Morgan fingerprint density at radius 3 is 2.13 bits per heavy atom. The summed E-state index contributed by atoms with van der Waals surface area (Å²) in [6.45, 7) is 15.6. The molecule has 0 unspecified atom stereocenters. The Morgan fingerprint density at radius 2 is 1.45 bits per heavy atom. The number of hydrogen-bond donors (Lipinski definition) is 0. The molecule has 0 bridgehead atoms. The van der Waals surface area contributed by atoms with Crippen molar-refractivity contribution in [3.63, 3.8) is 0 Å². The van der Waals surface area contributed by atoms with Gasteiger partial charge in [-0.1, -0.05) is 62.4 Å². The predicted octanol–water partition coefficient (Wildman–Crippen LogP) is 8.90. The van der Waals surface area contributed by atoms with Crippen molar-refractivity contribution in [2.75, 3.05) is 4.90 Å². The van der Waals surface area contributed by atoms with Crippen LogP contribution in [0.4, 0.5) is 17.3 Å². The van der Waals surface area contributed by atoms with Crippen molar-refractivity contribution in [3.05, 3.63) is 76.3 Å². The molecule has 3 heteroatoms. The van der Waals surface area contributed by atoms with Gasteiger partial charge in [-0.05, 0) is 79.6 Å². The molecule has 31 heavy (non-hydrogen) atoms. The number of nitrogens with zero attached hydrogens (tertiary/aromatic N) is 1. The Hall–Kier alpha value is -2.65. The fraction of sp³-hybridized carbons (Fsp3) is 0.286. The Labute approximate surface area is 189 Å². The Balaban J connectivity index is 1.81.